The van der Waals surface area contributed by atoms with Crippen molar-refractivity contribution in [2.24, 2.45) is 0 Å². The highest BCUT2D eigenvalue weighted by Gasteiger charge is 2.14. The van der Waals surface area contributed by atoms with E-state index in [4.69, 9.17) is 21.1 Å². The van der Waals surface area contributed by atoms with Crippen LogP contribution in [0.5, 0.6) is 11.5 Å². The van der Waals surface area contributed by atoms with Gasteiger partial charge in [0.05, 0.1) is 22.7 Å². The van der Waals surface area contributed by atoms with Crippen molar-refractivity contribution in [3.63, 3.8) is 0 Å². The third-order valence-corrected chi connectivity index (χ3v) is 6.03. The summed E-state index contributed by atoms with van der Waals surface area (Å²) < 4.78 is 36.3. The van der Waals surface area contributed by atoms with E-state index in [1.165, 1.54) is 6.33 Å². The minimum atomic E-state index is -3.25. The average Bonchev–Trinajstić information content (AvgIpc) is 3.24. The van der Waals surface area contributed by atoms with Gasteiger partial charge in [0.25, 0.3) is 0 Å². The van der Waals surface area contributed by atoms with Gasteiger partial charge < -0.3 is 14.0 Å². The predicted octanol–water partition coefficient (Wildman–Crippen LogP) is 4.25. The lowest BCUT2D eigenvalue weighted by Gasteiger charge is -2.13. The van der Waals surface area contributed by atoms with Crippen molar-refractivity contribution in [3.05, 3.63) is 71.2 Å². The predicted molar refractivity (Wildman–Crippen MR) is 131 cm³/mol. The van der Waals surface area contributed by atoms with Gasteiger partial charge in [-0.25, -0.2) is 23.4 Å². The van der Waals surface area contributed by atoms with E-state index in [-0.39, 0.29) is 18.2 Å². The fourth-order valence-electron chi connectivity index (χ4n) is 3.48. The molecule has 4 aromatic rings. The van der Waals surface area contributed by atoms with Gasteiger partial charge in [0.15, 0.2) is 21.4 Å². The zero-order valence-electron chi connectivity index (χ0n) is 19.1. The second kappa shape index (κ2) is 10.3. The summed E-state index contributed by atoms with van der Waals surface area (Å²) in [5.41, 5.74) is 2.01. The summed E-state index contributed by atoms with van der Waals surface area (Å²) in [6.45, 7) is 2.52. The number of hydrogen-bond donors (Lipinski definition) is 0. The summed E-state index contributed by atoms with van der Waals surface area (Å²) in [5, 5.41) is 10.9. The maximum atomic E-state index is 11.5. The van der Waals surface area contributed by atoms with Gasteiger partial charge in [0.2, 0.25) is 0 Å². The van der Waals surface area contributed by atoms with Crippen LogP contribution in [0.2, 0.25) is 5.02 Å². The highest BCUT2D eigenvalue weighted by molar-refractivity contribution is 7.89. The summed E-state index contributed by atoms with van der Waals surface area (Å²) in [7, 11) is -3.25. The number of rotatable bonds is 9. The molecule has 0 aliphatic carbocycles. The molecule has 4 rings (SSSR count). The molecule has 0 spiro atoms. The molecule has 180 valence electrons. The molecule has 0 N–H and O–H groups in total. The van der Waals surface area contributed by atoms with Gasteiger partial charge in [-0.1, -0.05) is 18.5 Å². The Kier molecular flexibility index (Phi) is 7.19. The van der Waals surface area contributed by atoms with Crippen LogP contribution in [0.4, 0.5) is 0 Å². The molecule has 2 aromatic heterocycles. The van der Waals surface area contributed by atoms with Crippen LogP contribution in [-0.4, -0.2) is 40.8 Å². The lowest BCUT2D eigenvalue weighted by Crippen LogP contribution is -2.09. The van der Waals surface area contributed by atoms with Gasteiger partial charge in [-0.3, -0.25) is 0 Å². The van der Waals surface area contributed by atoms with Crippen LogP contribution in [0.25, 0.3) is 16.6 Å². The Morgan fingerprint density at radius 1 is 1.11 bits per heavy atom. The Labute approximate surface area is 207 Å². The average molecular weight is 512 g/mol. The van der Waals surface area contributed by atoms with E-state index in [0.29, 0.717) is 34.5 Å². The topological polar surface area (TPSA) is 120 Å². The normalized spacial score (nSPS) is 11.4. The molecular formula is C24H22ClN5O4S. The molecule has 0 atom stereocenters. The van der Waals surface area contributed by atoms with E-state index in [0.717, 1.165) is 29.3 Å². The van der Waals surface area contributed by atoms with E-state index < -0.39 is 9.84 Å². The first-order chi connectivity index (χ1) is 16.8. The summed E-state index contributed by atoms with van der Waals surface area (Å²) >= 11 is 6.43. The molecule has 0 unspecified atom stereocenters. The zero-order valence-corrected chi connectivity index (χ0v) is 20.7. The zero-order chi connectivity index (χ0) is 25.0. The first-order valence-corrected chi connectivity index (χ1v) is 13.2. The molecule has 0 aliphatic heterocycles. The van der Waals surface area contributed by atoms with E-state index in [1.807, 2.05) is 42.0 Å². The molecule has 0 saturated heterocycles. The quantitative estimate of drug-likeness (QED) is 0.327. The van der Waals surface area contributed by atoms with Crippen LogP contribution in [0.3, 0.4) is 0 Å². The Morgan fingerprint density at radius 2 is 1.91 bits per heavy atom. The number of halogens is 1. The summed E-state index contributed by atoms with van der Waals surface area (Å²) in [4.78, 5) is 12.1. The van der Waals surface area contributed by atoms with Crippen molar-refractivity contribution in [2.75, 3.05) is 12.9 Å². The number of hydrogen-bond acceptors (Lipinski definition) is 8. The number of ether oxygens (including phenoxy) is 2. The molecule has 11 heteroatoms. The van der Waals surface area contributed by atoms with E-state index in [2.05, 4.69) is 21.0 Å². The Hall–Kier alpha value is -3.68. The fourth-order valence-corrected chi connectivity index (χ4v) is 4.35. The van der Waals surface area contributed by atoms with Crippen molar-refractivity contribution < 1.29 is 17.9 Å². The molecule has 0 aliphatic rings. The van der Waals surface area contributed by atoms with Crippen molar-refractivity contribution in [3.8, 4) is 23.3 Å². The molecule has 2 heterocycles. The molecule has 35 heavy (non-hydrogen) atoms. The fraction of sp³-hybridized carbons (Fsp3) is 0.250. The van der Waals surface area contributed by atoms with Gasteiger partial charge in [0, 0.05) is 23.5 Å². The van der Waals surface area contributed by atoms with Gasteiger partial charge in [-0.05, 0) is 42.8 Å². The summed E-state index contributed by atoms with van der Waals surface area (Å²) in [6.07, 6.45) is 5.09. The van der Waals surface area contributed by atoms with E-state index in [1.54, 1.807) is 12.1 Å². The molecular weight excluding hydrogens is 490 g/mol. The largest absolute Gasteiger partial charge is 0.491 e. The van der Waals surface area contributed by atoms with Crippen LogP contribution >= 0.6 is 11.6 Å². The number of benzene rings is 2. The second-order valence-corrected chi connectivity index (χ2v) is 10.4. The Morgan fingerprint density at radius 3 is 2.66 bits per heavy atom. The van der Waals surface area contributed by atoms with Crippen LogP contribution in [-0.2, 0) is 22.2 Å². The van der Waals surface area contributed by atoms with Crippen LogP contribution < -0.4 is 9.47 Å². The Balaban J connectivity index is 1.55. The first-order valence-electron chi connectivity index (χ1n) is 10.7. The molecule has 0 saturated carbocycles. The number of nitriles is 1. The SMILES string of the molecule is CCCOc1c(Cl)cc(-n2ccc3cc(OCc4ncnc(CS(C)(=O)=O)n4)ccc32)cc1C#N. The highest BCUT2D eigenvalue weighted by atomic mass is 35.5. The second-order valence-electron chi connectivity index (χ2n) is 7.85. The van der Waals surface area contributed by atoms with E-state index >= 15 is 0 Å². The van der Waals surface area contributed by atoms with Crippen molar-refractivity contribution >= 4 is 32.3 Å². The van der Waals surface area contributed by atoms with Crippen LogP contribution in [0.15, 0.2) is 48.9 Å². The number of sulfone groups is 1. The van der Waals surface area contributed by atoms with Gasteiger partial charge in [0.1, 0.15) is 36.3 Å². The van der Waals surface area contributed by atoms with Gasteiger partial charge >= 0.3 is 0 Å². The minimum Gasteiger partial charge on any atom is -0.491 e. The minimum absolute atomic E-state index is 0.0614. The van der Waals surface area contributed by atoms with Crippen LogP contribution in [0, 0.1) is 11.3 Å². The third-order valence-electron chi connectivity index (χ3n) is 4.97. The van der Waals surface area contributed by atoms with Crippen molar-refractivity contribution in [2.45, 2.75) is 25.7 Å². The maximum absolute atomic E-state index is 11.5. The van der Waals surface area contributed by atoms with Gasteiger partial charge in [-0.15, -0.1) is 0 Å². The smallest absolute Gasteiger partial charge is 0.169 e. The molecule has 0 fully saturated rings. The third kappa shape index (κ3) is 5.88. The Bertz CT molecular complexity index is 1530. The lowest BCUT2D eigenvalue weighted by atomic mass is 10.2. The van der Waals surface area contributed by atoms with Crippen LogP contribution in [0.1, 0.15) is 30.6 Å². The molecule has 9 nitrogen and oxygen atoms in total. The highest BCUT2D eigenvalue weighted by Crippen LogP contribution is 2.33. The standard InChI is InChI=1S/C24H22ClN5O4S/c1-3-8-33-24-17(12-26)9-18(11-20(24)25)30-7-6-16-10-19(4-5-21(16)30)34-13-22-27-15-28-23(29-22)14-35(2,31)32/h4-7,9-11,15H,3,8,13-14H2,1-2H3. The summed E-state index contributed by atoms with van der Waals surface area (Å²) in [5.74, 6) is 1.24. The number of fused-ring (bicyclic) bond motifs is 1. The van der Waals surface area contributed by atoms with E-state index in [9.17, 15) is 13.7 Å². The van der Waals surface area contributed by atoms with Crippen molar-refractivity contribution in [1.29, 1.82) is 5.26 Å². The summed E-state index contributed by atoms with van der Waals surface area (Å²) in [6, 6.07) is 13.2. The lowest BCUT2D eigenvalue weighted by molar-refractivity contribution is 0.295. The van der Waals surface area contributed by atoms with Crippen molar-refractivity contribution in [1.82, 2.24) is 19.5 Å². The van der Waals surface area contributed by atoms with Gasteiger partial charge in [-0.2, -0.15) is 5.26 Å². The number of nitrogens with zero attached hydrogens (tertiary/aromatic N) is 5. The molecule has 0 bridgehead atoms. The maximum Gasteiger partial charge on any atom is 0.169 e. The molecule has 0 radical (unpaired) electrons. The monoisotopic (exact) mass is 511 g/mol. The molecule has 0 amide bonds. The first kappa shape index (κ1) is 24.4. The molecule has 2 aromatic carbocycles. The number of aromatic nitrogens is 4.